The van der Waals surface area contributed by atoms with E-state index in [1.54, 1.807) is 12.0 Å². The van der Waals surface area contributed by atoms with Crippen molar-refractivity contribution in [1.82, 2.24) is 4.90 Å². The van der Waals surface area contributed by atoms with Gasteiger partial charge < -0.3 is 15.4 Å². The third-order valence-electron chi connectivity index (χ3n) is 4.48. The van der Waals surface area contributed by atoms with Crippen molar-refractivity contribution in [2.24, 2.45) is 11.7 Å². The Balaban J connectivity index is 2.23. The molecule has 5 heteroatoms. The normalized spacial score (nSPS) is 16.3. The van der Waals surface area contributed by atoms with Crippen LogP contribution >= 0.6 is 0 Å². The highest BCUT2D eigenvalue weighted by molar-refractivity contribution is 5.97. The fraction of sp³-hybridized carbons (Fsp3) is 0.556. The fourth-order valence-electron chi connectivity index (χ4n) is 2.88. The molecule has 0 radical (unpaired) electrons. The van der Waals surface area contributed by atoms with E-state index in [1.807, 2.05) is 18.2 Å². The topological polar surface area (TPSA) is 72.6 Å². The van der Waals surface area contributed by atoms with Crippen LogP contribution in [0.4, 0.5) is 0 Å². The third-order valence-corrected chi connectivity index (χ3v) is 4.48. The van der Waals surface area contributed by atoms with Gasteiger partial charge in [-0.25, -0.2) is 0 Å². The van der Waals surface area contributed by atoms with E-state index in [9.17, 15) is 9.59 Å². The average molecular weight is 318 g/mol. The molecule has 0 aromatic heterocycles. The molecule has 0 aliphatic carbocycles. The maximum absolute atomic E-state index is 12.9. The van der Waals surface area contributed by atoms with Crippen LogP contribution in [0, 0.1) is 5.92 Å². The van der Waals surface area contributed by atoms with Gasteiger partial charge in [-0.05, 0) is 36.0 Å². The first-order valence-corrected chi connectivity index (χ1v) is 8.01. The lowest BCUT2D eigenvalue weighted by molar-refractivity contribution is -0.123. The van der Waals surface area contributed by atoms with Crippen LogP contribution in [-0.4, -0.2) is 36.9 Å². The van der Waals surface area contributed by atoms with Crippen LogP contribution in [0.2, 0.25) is 0 Å². The van der Waals surface area contributed by atoms with Crippen LogP contribution in [0.3, 0.4) is 0 Å². The number of hydrogen-bond acceptors (Lipinski definition) is 3. The lowest BCUT2D eigenvalue weighted by atomic mass is 9.85. The molecule has 5 nitrogen and oxygen atoms in total. The van der Waals surface area contributed by atoms with Crippen LogP contribution in [0.25, 0.3) is 0 Å². The zero-order valence-electron chi connectivity index (χ0n) is 14.4. The molecule has 1 saturated heterocycles. The molecule has 126 valence electrons. The maximum atomic E-state index is 12.9. The summed E-state index contributed by atoms with van der Waals surface area (Å²) in [4.78, 5) is 25.9. The fourth-order valence-corrected chi connectivity index (χ4v) is 2.88. The number of carbonyl (C=O) groups is 2. The summed E-state index contributed by atoms with van der Waals surface area (Å²) in [6.07, 6.45) is 1.25. The van der Waals surface area contributed by atoms with Gasteiger partial charge in [0.1, 0.15) is 5.75 Å². The number of primary amides is 1. The summed E-state index contributed by atoms with van der Waals surface area (Å²) in [5.41, 5.74) is 6.98. The summed E-state index contributed by atoms with van der Waals surface area (Å²) in [6.45, 7) is 7.44. The predicted octanol–water partition coefficient (Wildman–Crippen LogP) is 2.33. The van der Waals surface area contributed by atoms with Gasteiger partial charge in [0.2, 0.25) is 5.91 Å². The summed E-state index contributed by atoms with van der Waals surface area (Å²) < 4.78 is 5.36. The number of benzene rings is 1. The van der Waals surface area contributed by atoms with Crippen LogP contribution < -0.4 is 10.5 Å². The van der Waals surface area contributed by atoms with E-state index in [1.165, 1.54) is 0 Å². The summed E-state index contributed by atoms with van der Waals surface area (Å²) in [7, 11) is 1.57. The number of rotatable bonds is 3. The number of methoxy groups -OCH3 is 1. The van der Waals surface area contributed by atoms with Gasteiger partial charge in [-0.1, -0.05) is 26.8 Å². The molecule has 1 aliphatic rings. The van der Waals surface area contributed by atoms with Crippen LogP contribution in [0.15, 0.2) is 18.2 Å². The van der Waals surface area contributed by atoms with Gasteiger partial charge in [0.25, 0.3) is 5.91 Å². The molecule has 0 spiro atoms. The Morgan fingerprint density at radius 1 is 1.22 bits per heavy atom. The zero-order valence-corrected chi connectivity index (χ0v) is 14.4. The molecule has 2 rings (SSSR count). The Kier molecular flexibility index (Phi) is 4.97. The lowest BCUT2D eigenvalue weighted by Crippen LogP contribution is -2.41. The standard InChI is InChI=1S/C18H26N2O3/c1-18(2,3)13-5-6-15(23-4)14(11-13)17(22)20-9-7-12(8-10-20)16(19)21/h5-6,11-12H,7-10H2,1-4H3,(H2,19,21). The Bertz CT molecular complexity index is 597. The number of nitrogens with zero attached hydrogens (tertiary/aromatic N) is 1. The molecule has 2 N–H and O–H groups in total. The minimum Gasteiger partial charge on any atom is -0.496 e. The summed E-state index contributed by atoms with van der Waals surface area (Å²) >= 11 is 0. The molecule has 1 heterocycles. The molecule has 23 heavy (non-hydrogen) atoms. The van der Waals surface area contributed by atoms with Crippen molar-refractivity contribution in [3.63, 3.8) is 0 Å². The van der Waals surface area contributed by atoms with Crippen molar-refractivity contribution >= 4 is 11.8 Å². The van der Waals surface area contributed by atoms with Crippen molar-refractivity contribution in [3.05, 3.63) is 29.3 Å². The number of carbonyl (C=O) groups excluding carboxylic acids is 2. The van der Waals surface area contributed by atoms with Crippen molar-refractivity contribution in [1.29, 1.82) is 0 Å². The molecule has 0 atom stereocenters. The van der Waals surface area contributed by atoms with E-state index in [0.717, 1.165) is 5.56 Å². The molecular formula is C18H26N2O3. The smallest absolute Gasteiger partial charge is 0.257 e. The Hall–Kier alpha value is -2.04. The van der Waals surface area contributed by atoms with Gasteiger partial charge in [-0.2, -0.15) is 0 Å². The van der Waals surface area contributed by atoms with Gasteiger partial charge in [0, 0.05) is 19.0 Å². The summed E-state index contributed by atoms with van der Waals surface area (Å²) in [5.74, 6) is 0.141. The van der Waals surface area contributed by atoms with Gasteiger partial charge in [-0.15, -0.1) is 0 Å². The first-order chi connectivity index (χ1) is 10.7. The highest BCUT2D eigenvalue weighted by Crippen LogP contribution is 2.29. The van der Waals surface area contributed by atoms with E-state index in [0.29, 0.717) is 37.2 Å². The molecule has 1 fully saturated rings. The number of amides is 2. The minimum atomic E-state index is -0.274. The number of ether oxygens (including phenoxy) is 1. The first kappa shape index (κ1) is 17.3. The number of piperidine rings is 1. The maximum Gasteiger partial charge on any atom is 0.257 e. The van der Waals surface area contributed by atoms with Crippen molar-refractivity contribution in [2.45, 2.75) is 39.0 Å². The van der Waals surface area contributed by atoms with E-state index < -0.39 is 0 Å². The van der Waals surface area contributed by atoms with Gasteiger partial charge >= 0.3 is 0 Å². The van der Waals surface area contributed by atoms with Gasteiger partial charge in [-0.3, -0.25) is 9.59 Å². The number of likely N-dealkylation sites (tertiary alicyclic amines) is 1. The quantitative estimate of drug-likeness (QED) is 0.929. The Morgan fingerprint density at radius 3 is 2.30 bits per heavy atom. The van der Waals surface area contributed by atoms with E-state index in [-0.39, 0.29) is 23.1 Å². The molecule has 0 saturated carbocycles. The van der Waals surface area contributed by atoms with Crippen molar-refractivity contribution in [2.75, 3.05) is 20.2 Å². The Morgan fingerprint density at radius 2 is 1.83 bits per heavy atom. The third kappa shape index (κ3) is 3.84. The van der Waals surface area contributed by atoms with Gasteiger partial charge in [0.05, 0.1) is 12.7 Å². The number of hydrogen-bond donors (Lipinski definition) is 1. The van der Waals surface area contributed by atoms with Gasteiger partial charge in [0.15, 0.2) is 0 Å². The number of nitrogens with two attached hydrogens (primary N) is 1. The summed E-state index contributed by atoms with van der Waals surface area (Å²) in [6, 6.07) is 5.76. The first-order valence-electron chi connectivity index (χ1n) is 8.01. The van der Waals surface area contributed by atoms with E-state index >= 15 is 0 Å². The Labute approximate surface area is 137 Å². The zero-order chi connectivity index (χ0) is 17.2. The highest BCUT2D eigenvalue weighted by Gasteiger charge is 2.28. The monoisotopic (exact) mass is 318 g/mol. The SMILES string of the molecule is COc1ccc(C(C)(C)C)cc1C(=O)N1CCC(C(N)=O)CC1. The van der Waals surface area contributed by atoms with Crippen molar-refractivity contribution in [3.8, 4) is 5.75 Å². The molecule has 1 aromatic carbocycles. The second kappa shape index (κ2) is 6.60. The molecule has 1 aliphatic heterocycles. The minimum absolute atomic E-state index is 0.0414. The van der Waals surface area contributed by atoms with E-state index in [4.69, 9.17) is 10.5 Å². The van der Waals surface area contributed by atoms with Crippen LogP contribution in [0.1, 0.15) is 49.5 Å². The molecule has 0 bridgehead atoms. The molecule has 2 amide bonds. The molecule has 1 aromatic rings. The second-order valence-electron chi connectivity index (χ2n) is 7.13. The van der Waals surface area contributed by atoms with E-state index in [2.05, 4.69) is 20.8 Å². The molecule has 0 unspecified atom stereocenters. The van der Waals surface area contributed by atoms with Crippen molar-refractivity contribution < 1.29 is 14.3 Å². The second-order valence-corrected chi connectivity index (χ2v) is 7.13. The highest BCUT2D eigenvalue weighted by atomic mass is 16.5. The largest absolute Gasteiger partial charge is 0.496 e. The molecular weight excluding hydrogens is 292 g/mol. The van der Waals surface area contributed by atoms with Crippen LogP contribution in [-0.2, 0) is 10.2 Å². The lowest BCUT2D eigenvalue weighted by Gasteiger charge is -2.31. The predicted molar refractivity (Wildman–Crippen MR) is 89.5 cm³/mol. The summed E-state index contributed by atoms with van der Waals surface area (Å²) in [5, 5.41) is 0. The average Bonchev–Trinajstić information content (AvgIpc) is 2.52. The van der Waals surface area contributed by atoms with Crippen LogP contribution in [0.5, 0.6) is 5.75 Å².